The van der Waals surface area contributed by atoms with Crippen molar-refractivity contribution in [3.05, 3.63) is 23.1 Å². The standard InChI is InChI=1S/C8H7BrN2O/c1-12-6-4-11-8(9)5-2-3-10-7(5)6/h2-4,10H,1H3. The summed E-state index contributed by atoms with van der Waals surface area (Å²) in [7, 11) is 1.63. The highest BCUT2D eigenvalue weighted by Crippen LogP contribution is 2.27. The molecule has 0 bridgehead atoms. The van der Waals surface area contributed by atoms with Crippen molar-refractivity contribution >= 4 is 26.8 Å². The third kappa shape index (κ3) is 0.992. The van der Waals surface area contributed by atoms with E-state index in [2.05, 4.69) is 25.9 Å². The first-order valence-corrected chi connectivity index (χ1v) is 4.28. The average molecular weight is 227 g/mol. The van der Waals surface area contributed by atoms with Crippen LogP contribution in [-0.2, 0) is 0 Å². The molecule has 4 heteroatoms. The number of H-pyrrole nitrogens is 1. The zero-order valence-electron chi connectivity index (χ0n) is 6.47. The first kappa shape index (κ1) is 7.61. The number of ether oxygens (including phenoxy) is 1. The summed E-state index contributed by atoms with van der Waals surface area (Å²) in [5.74, 6) is 0.762. The SMILES string of the molecule is COc1cnc(Br)c2cc[nH]c12. The van der Waals surface area contributed by atoms with Crippen molar-refractivity contribution in [3.8, 4) is 5.75 Å². The van der Waals surface area contributed by atoms with Crippen molar-refractivity contribution in [2.45, 2.75) is 0 Å². The summed E-state index contributed by atoms with van der Waals surface area (Å²) in [5.41, 5.74) is 0.972. The number of aromatic amines is 1. The highest BCUT2D eigenvalue weighted by atomic mass is 79.9. The van der Waals surface area contributed by atoms with E-state index in [1.165, 1.54) is 0 Å². The molecule has 12 heavy (non-hydrogen) atoms. The van der Waals surface area contributed by atoms with Gasteiger partial charge in [-0.15, -0.1) is 0 Å². The Hall–Kier alpha value is -1.03. The molecule has 0 atom stereocenters. The molecule has 2 aromatic heterocycles. The molecule has 0 aliphatic heterocycles. The maximum Gasteiger partial charge on any atom is 0.161 e. The van der Waals surface area contributed by atoms with E-state index in [1.54, 1.807) is 13.3 Å². The number of rotatable bonds is 1. The van der Waals surface area contributed by atoms with Crippen LogP contribution in [0.3, 0.4) is 0 Å². The molecule has 2 rings (SSSR count). The van der Waals surface area contributed by atoms with Gasteiger partial charge in [-0.05, 0) is 22.0 Å². The Morgan fingerprint density at radius 3 is 3.17 bits per heavy atom. The molecule has 0 fully saturated rings. The Morgan fingerprint density at radius 1 is 1.58 bits per heavy atom. The van der Waals surface area contributed by atoms with E-state index in [1.807, 2.05) is 12.3 Å². The number of pyridine rings is 1. The molecule has 2 heterocycles. The van der Waals surface area contributed by atoms with Crippen molar-refractivity contribution in [2.75, 3.05) is 7.11 Å². The molecular weight excluding hydrogens is 220 g/mol. The van der Waals surface area contributed by atoms with Gasteiger partial charge >= 0.3 is 0 Å². The Labute approximate surface area is 77.9 Å². The largest absolute Gasteiger partial charge is 0.493 e. The predicted octanol–water partition coefficient (Wildman–Crippen LogP) is 2.33. The lowest BCUT2D eigenvalue weighted by molar-refractivity contribution is 0.417. The molecule has 2 aromatic rings. The number of aromatic nitrogens is 2. The minimum atomic E-state index is 0.762. The summed E-state index contributed by atoms with van der Waals surface area (Å²) in [5, 5.41) is 1.04. The quantitative estimate of drug-likeness (QED) is 0.759. The first-order chi connectivity index (χ1) is 5.83. The lowest BCUT2D eigenvalue weighted by Gasteiger charge is -2.00. The van der Waals surface area contributed by atoms with Gasteiger partial charge in [0.1, 0.15) is 4.60 Å². The topological polar surface area (TPSA) is 37.9 Å². The smallest absolute Gasteiger partial charge is 0.161 e. The van der Waals surface area contributed by atoms with Crippen molar-refractivity contribution in [2.24, 2.45) is 0 Å². The fraction of sp³-hybridized carbons (Fsp3) is 0.125. The van der Waals surface area contributed by atoms with Gasteiger partial charge in [-0.2, -0.15) is 0 Å². The lowest BCUT2D eigenvalue weighted by Crippen LogP contribution is -1.86. The Bertz CT molecular complexity index is 410. The lowest BCUT2D eigenvalue weighted by atomic mass is 10.3. The molecule has 0 radical (unpaired) electrons. The third-order valence-corrected chi connectivity index (χ3v) is 2.36. The van der Waals surface area contributed by atoms with Gasteiger partial charge in [0.2, 0.25) is 0 Å². The van der Waals surface area contributed by atoms with Crippen LogP contribution in [0.4, 0.5) is 0 Å². The van der Waals surface area contributed by atoms with E-state index in [9.17, 15) is 0 Å². The van der Waals surface area contributed by atoms with Gasteiger partial charge in [-0.1, -0.05) is 0 Å². The normalized spacial score (nSPS) is 10.5. The zero-order chi connectivity index (χ0) is 8.55. The minimum Gasteiger partial charge on any atom is -0.493 e. The zero-order valence-corrected chi connectivity index (χ0v) is 8.05. The number of nitrogens with zero attached hydrogens (tertiary/aromatic N) is 1. The molecule has 62 valence electrons. The van der Waals surface area contributed by atoms with Gasteiger partial charge in [0.25, 0.3) is 0 Å². The van der Waals surface area contributed by atoms with Gasteiger partial charge < -0.3 is 9.72 Å². The van der Waals surface area contributed by atoms with Gasteiger partial charge in [-0.3, -0.25) is 0 Å². The van der Waals surface area contributed by atoms with Crippen LogP contribution in [-0.4, -0.2) is 17.1 Å². The fourth-order valence-electron chi connectivity index (χ4n) is 1.15. The molecule has 0 unspecified atom stereocenters. The molecule has 0 aliphatic rings. The van der Waals surface area contributed by atoms with E-state index in [0.717, 1.165) is 21.3 Å². The maximum atomic E-state index is 5.13. The summed E-state index contributed by atoms with van der Waals surface area (Å²) in [4.78, 5) is 7.21. The van der Waals surface area contributed by atoms with Crippen molar-refractivity contribution in [1.82, 2.24) is 9.97 Å². The number of hydrogen-bond acceptors (Lipinski definition) is 2. The van der Waals surface area contributed by atoms with Gasteiger partial charge in [0, 0.05) is 11.6 Å². The van der Waals surface area contributed by atoms with Crippen LogP contribution in [0.25, 0.3) is 10.9 Å². The molecule has 0 amide bonds. The van der Waals surface area contributed by atoms with Crippen molar-refractivity contribution in [3.63, 3.8) is 0 Å². The summed E-state index contributed by atoms with van der Waals surface area (Å²) >= 11 is 3.35. The summed E-state index contributed by atoms with van der Waals surface area (Å²) in [6, 6.07) is 1.95. The highest BCUT2D eigenvalue weighted by molar-refractivity contribution is 9.10. The number of hydrogen-bond donors (Lipinski definition) is 1. The Morgan fingerprint density at radius 2 is 2.42 bits per heavy atom. The summed E-state index contributed by atoms with van der Waals surface area (Å²) < 4.78 is 5.96. The predicted molar refractivity (Wildman–Crippen MR) is 50.3 cm³/mol. The van der Waals surface area contributed by atoms with E-state index in [0.29, 0.717) is 0 Å². The number of halogens is 1. The second kappa shape index (κ2) is 2.79. The molecule has 0 saturated carbocycles. The van der Waals surface area contributed by atoms with Gasteiger partial charge in [-0.25, -0.2) is 4.98 Å². The van der Waals surface area contributed by atoms with Gasteiger partial charge in [0.05, 0.1) is 18.8 Å². The van der Waals surface area contributed by atoms with E-state index in [-0.39, 0.29) is 0 Å². The molecular formula is C8H7BrN2O. The summed E-state index contributed by atoms with van der Waals surface area (Å²) in [6.07, 6.45) is 3.54. The molecule has 1 N–H and O–H groups in total. The van der Waals surface area contributed by atoms with Crippen LogP contribution in [0.5, 0.6) is 5.75 Å². The molecule has 0 spiro atoms. The van der Waals surface area contributed by atoms with Gasteiger partial charge in [0.15, 0.2) is 5.75 Å². The first-order valence-electron chi connectivity index (χ1n) is 3.48. The maximum absolute atomic E-state index is 5.13. The van der Waals surface area contributed by atoms with Crippen LogP contribution in [0.1, 0.15) is 0 Å². The van der Waals surface area contributed by atoms with Crippen molar-refractivity contribution < 1.29 is 4.74 Å². The number of nitrogens with one attached hydrogen (secondary N) is 1. The number of fused-ring (bicyclic) bond motifs is 1. The monoisotopic (exact) mass is 226 g/mol. The second-order valence-electron chi connectivity index (χ2n) is 2.38. The molecule has 0 saturated heterocycles. The molecule has 0 aliphatic carbocycles. The van der Waals surface area contributed by atoms with E-state index < -0.39 is 0 Å². The number of methoxy groups -OCH3 is 1. The van der Waals surface area contributed by atoms with Crippen LogP contribution < -0.4 is 4.74 Å². The average Bonchev–Trinajstić information content (AvgIpc) is 2.54. The van der Waals surface area contributed by atoms with Crippen molar-refractivity contribution in [1.29, 1.82) is 0 Å². The van der Waals surface area contributed by atoms with Crippen LogP contribution in [0, 0.1) is 0 Å². The van der Waals surface area contributed by atoms with E-state index in [4.69, 9.17) is 4.74 Å². The third-order valence-electron chi connectivity index (χ3n) is 1.73. The Kier molecular flexibility index (Phi) is 1.77. The van der Waals surface area contributed by atoms with Crippen LogP contribution >= 0.6 is 15.9 Å². The summed E-state index contributed by atoms with van der Waals surface area (Å²) in [6.45, 7) is 0. The fourth-order valence-corrected chi connectivity index (χ4v) is 1.58. The second-order valence-corrected chi connectivity index (χ2v) is 3.13. The Balaban J connectivity index is 2.82. The highest BCUT2D eigenvalue weighted by Gasteiger charge is 2.05. The molecule has 3 nitrogen and oxygen atoms in total. The van der Waals surface area contributed by atoms with Crippen LogP contribution in [0.2, 0.25) is 0 Å². The van der Waals surface area contributed by atoms with Crippen LogP contribution in [0.15, 0.2) is 23.1 Å². The minimum absolute atomic E-state index is 0.762. The van der Waals surface area contributed by atoms with E-state index >= 15 is 0 Å². The molecule has 0 aromatic carbocycles.